The van der Waals surface area contributed by atoms with Crippen LogP contribution in [0, 0.1) is 5.92 Å². The van der Waals surface area contributed by atoms with Gasteiger partial charge in [0.2, 0.25) is 5.91 Å². The predicted octanol–water partition coefficient (Wildman–Crippen LogP) is 0.737. The summed E-state index contributed by atoms with van der Waals surface area (Å²) >= 11 is 0. The van der Waals surface area contributed by atoms with E-state index < -0.39 is 0 Å². The fourth-order valence-electron chi connectivity index (χ4n) is 3.40. The number of amides is 1. The molecule has 4 rings (SSSR count). The molecule has 2 aromatic rings. The van der Waals surface area contributed by atoms with Crippen molar-refractivity contribution in [2.24, 2.45) is 5.92 Å². The van der Waals surface area contributed by atoms with Crippen LogP contribution in [0.3, 0.4) is 0 Å². The lowest BCUT2D eigenvalue weighted by Crippen LogP contribution is -2.51. The molecule has 2 saturated heterocycles. The zero-order chi connectivity index (χ0) is 17.1. The van der Waals surface area contributed by atoms with Gasteiger partial charge in [0.1, 0.15) is 12.1 Å². The molecule has 25 heavy (non-hydrogen) atoms. The first-order valence-electron chi connectivity index (χ1n) is 8.75. The van der Waals surface area contributed by atoms with Crippen LogP contribution in [0.25, 0.3) is 5.82 Å². The molecule has 0 radical (unpaired) electrons. The van der Waals surface area contributed by atoms with Crippen LogP contribution in [0.15, 0.2) is 30.9 Å². The summed E-state index contributed by atoms with van der Waals surface area (Å²) in [6, 6.07) is 3.80. The van der Waals surface area contributed by atoms with Crippen molar-refractivity contribution in [3.8, 4) is 5.82 Å². The number of rotatable bonds is 3. The molecule has 0 saturated carbocycles. The molecule has 1 amide bonds. The zero-order valence-corrected chi connectivity index (χ0v) is 14.1. The molecule has 2 fully saturated rings. The van der Waals surface area contributed by atoms with E-state index in [2.05, 4.69) is 20.0 Å². The molecule has 0 unspecified atom stereocenters. The van der Waals surface area contributed by atoms with Gasteiger partial charge in [0.05, 0.1) is 0 Å². The Morgan fingerprint density at radius 3 is 2.56 bits per heavy atom. The van der Waals surface area contributed by atoms with Crippen LogP contribution in [0.2, 0.25) is 0 Å². The highest BCUT2D eigenvalue weighted by molar-refractivity contribution is 5.79. The Labute approximate surface area is 146 Å². The molecule has 0 atom stereocenters. The molecule has 0 N–H and O–H groups in total. The normalized spacial score (nSPS) is 19.2. The summed E-state index contributed by atoms with van der Waals surface area (Å²) in [5.41, 5.74) is 0. The highest BCUT2D eigenvalue weighted by atomic mass is 16.5. The Hall–Kier alpha value is -2.48. The molecule has 0 aromatic carbocycles. The Morgan fingerprint density at radius 1 is 1.08 bits per heavy atom. The summed E-state index contributed by atoms with van der Waals surface area (Å²) in [5, 5.41) is 4.20. The molecule has 2 aliphatic heterocycles. The summed E-state index contributed by atoms with van der Waals surface area (Å²) in [6.07, 6.45) is 6.83. The molecule has 2 aromatic heterocycles. The molecule has 8 heteroatoms. The van der Waals surface area contributed by atoms with Gasteiger partial charge in [-0.2, -0.15) is 5.10 Å². The number of piperazine rings is 1. The first-order chi connectivity index (χ1) is 12.3. The van der Waals surface area contributed by atoms with Gasteiger partial charge in [0, 0.05) is 63.8 Å². The van der Waals surface area contributed by atoms with Crippen LogP contribution in [0.5, 0.6) is 0 Å². The highest BCUT2D eigenvalue weighted by Crippen LogP contribution is 2.20. The second-order valence-electron chi connectivity index (χ2n) is 6.38. The Balaban J connectivity index is 1.38. The van der Waals surface area contributed by atoms with Gasteiger partial charge < -0.3 is 14.5 Å². The summed E-state index contributed by atoms with van der Waals surface area (Å²) < 4.78 is 7.07. The maximum Gasteiger partial charge on any atom is 0.225 e. The second kappa shape index (κ2) is 7.18. The van der Waals surface area contributed by atoms with Crippen molar-refractivity contribution in [3.63, 3.8) is 0 Å². The van der Waals surface area contributed by atoms with E-state index in [4.69, 9.17) is 4.74 Å². The second-order valence-corrected chi connectivity index (χ2v) is 6.38. The fourth-order valence-corrected chi connectivity index (χ4v) is 3.40. The van der Waals surface area contributed by atoms with Crippen LogP contribution in [-0.4, -0.2) is 69.9 Å². The van der Waals surface area contributed by atoms with E-state index in [-0.39, 0.29) is 11.8 Å². The number of hydrogen-bond acceptors (Lipinski definition) is 6. The summed E-state index contributed by atoms with van der Waals surface area (Å²) in [6.45, 7) is 4.44. The van der Waals surface area contributed by atoms with Crippen molar-refractivity contribution in [1.29, 1.82) is 0 Å². The molecular weight excluding hydrogens is 320 g/mol. The van der Waals surface area contributed by atoms with Crippen molar-refractivity contribution in [1.82, 2.24) is 24.6 Å². The fraction of sp³-hybridized carbons (Fsp3) is 0.529. The minimum absolute atomic E-state index is 0.130. The zero-order valence-electron chi connectivity index (χ0n) is 14.1. The van der Waals surface area contributed by atoms with Gasteiger partial charge in [-0.1, -0.05) is 0 Å². The van der Waals surface area contributed by atoms with Gasteiger partial charge in [-0.25, -0.2) is 14.6 Å². The SMILES string of the molecule is O=C(C1CCOCC1)N1CCN(c2cc(-n3cccn3)ncn2)CC1. The Kier molecular flexibility index (Phi) is 4.60. The standard InChI is InChI=1S/C17H22N6O2/c24-17(14-2-10-25-11-3-14)22-8-6-21(7-9-22)15-12-16(19-13-18-15)23-5-1-4-20-23/h1,4-5,12-14H,2-3,6-11H2. The van der Waals surface area contributed by atoms with E-state index in [9.17, 15) is 4.79 Å². The van der Waals surface area contributed by atoms with E-state index in [1.54, 1.807) is 17.2 Å². The van der Waals surface area contributed by atoms with Crippen molar-refractivity contribution in [3.05, 3.63) is 30.9 Å². The molecule has 2 aliphatic rings. The Bertz CT molecular complexity index is 706. The third kappa shape index (κ3) is 3.48. The van der Waals surface area contributed by atoms with Gasteiger partial charge >= 0.3 is 0 Å². The molecule has 4 heterocycles. The number of anilines is 1. The van der Waals surface area contributed by atoms with Crippen LogP contribution in [-0.2, 0) is 9.53 Å². The highest BCUT2D eigenvalue weighted by Gasteiger charge is 2.29. The number of carbonyl (C=O) groups excluding carboxylic acids is 1. The van der Waals surface area contributed by atoms with E-state index in [1.807, 2.05) is 23.2 Å². The average molecular weight is 342 g/mol. The van der Waals surface area contributed by atoms with Gasteiger partial charge in [-0.05, 0) is 18.9 Å². The van der Waals surface area contributed by atoms with Crippen molar-refractivity contribution < 1.29 is 9.53 Å². The lowest BCUT2D eigenvalue weighted by Gasteiger charge is -2.37. The van der Waals surface area contributed by atoms with E-state index in [1.165, 1.54) is 0 Å². The van der Waals surface area contributed by atoms with Crippen LogP contribution >= 0.6 is 0 Å². The van der Waals surface area contributed by atoms with Crippen LogP contribution < -0.4 is 4.90 Å². The predicted molar refractivity (Wildman–Crippen MR) is 91.5 cm³/mol. The van der Waals surface area contributed by atoms with Crippen molar-refractivity contribution in [2.75, 3.05) is 44.3 Å². The minimum Gasteiger partial charge on any atom is -0.381 e. The first-order valence-corrected chi connectivity index (χ1v) is 8.75. The largest absolute Gasteiger partial charge is 0.381 e. The average Bonchev–Trinajstić information content (AvgIpc) is 3.23. The van der Waals surface area contributed by atoms with Crippen LogP contribution in [0.1, 0.15) is 12.8 Å². The lowest BCUT2D eigenvalue weighted by atomic mass is 9.98. The minimum atomic E-state index is 0.130. The summed E-state index contributed by atoms with van der Waals surface area (Å²) in [7, 11) is 0. The van der Waals surface area contributed by atoms with Crippen molar-refractivity contribution >= 4 is 11.7 Å². The first kappa shape index (κ1) is 16.0. The smallest absolute Gasteiger partial charge is 0.225 e. The number of nitrogens with zero attached hydrogens (tertiary/aromatic N) is 6. The topological polar surface area (TPSA) is 76.4 Å². The molecule has 0 bridgehead atoms. The Morgan fingerprint density at radius 2 is 1.84 bits per heavy atom. The maximum atomic E-state index is 12.6. The van der Waals surface area contributed by atoms with Crippen LogP contribution in [0.4, 0.5) is 5.82 Å². The molecule has 132 valence electrons. The van der Waals surface area contributed by atoms with Crippen molar-refractivity contribution in [2.45, 2.75) is 12.8 Å². The molecule has 0 spiro atoms. The third-order valence-corrected chi connectivity index (χ3v) is 4.86. The maximum absolute atomic E-state index is 12.6. The number of ether oxygens (including phenoxy) is 1. The lowest BCUT2D eigenvalue weighted by molar-refractivity contribution is -0.138. The summed E-state index contributed by atoms with van der Waals surface area (Å²) in [4.78, 5) is 25.5. The number of aromatic nitrogens is 4. The van der Waals surface area contributed by atoms with E-state index in [0.29, 0.717) is 13.2 Å². The van der Waals surface area contributed by atoms with Gasteiger partial charge in [0.25, 0.3) is 0 Å². The monoisotopic (exact) mass is 342 g/mol. The molecular formula is C17H22N6O2. The molecule has 8 nitrogen and oxygen atoms in total. The third-order valence-electron chi connectivity index (χ3n) is 4.86. The molecule has 0 aliphatic carbocycles. The van der Waals surface area contributed by atoms with Gasteiger partial charge in [-0.3, -0.25) is 4.79 Å². The van der Waals surface area contributed by atoms with E-state index in [0.717, 1.165) is 50.7 Å². The number of carbonyl (C=O) groups is 1. The van der Waals surface area contributed by atoms with Gasteiger partial charge in [-0.15, -0.1) is 0 Å². The summed E-state index contributed by atoms with van der Waals surface area (Å²) in [5.74, 6) is 2.03. The quantitative estimate of drug-likeness (QED) is 0.819. The number of hydrogen-bond donors (Lipinski definition) is 0. The van der Waals surface area contributed by atoms with E-state index >= 15 is 0 Å². The van der Waals surface area contributed by atoms with Gasteiger partial charge in [0.15, 0.2) is 5.82 Å².